The molecule has 3 heterocycles. The van der Waals surface area contributed by atoms with Crippen LogP contribution in [0.5, 0.6) is 0 Å². The van der Waals surface area contributed by atoms with Crippen molar-refractivity contribution in [3.05, 3.63) is 70.7 Å². The van der Waals surface area contributed by atoms with Crippen LogP contribution >= 0.6 is 0 Å². The molecule has 1 aliphatic rings. The van der Waals surface area contributed by atoms with E-state index in [1.807, 2.05) is 68.8 Å². The molecule has 0 aliphatic carbocycles. The van der Waals surface area contributed by atoms with Gasteiger partial charge in [0.1, 0.15) is 0 Å². The van der Waals surface area contributed by atoms with Crippen molar-refractivity contribution in [2.75, 3.05) is 18.0 Å². The van der Waals surface area contributed by atoms with Crippen molar-refractivity contribution in [3.8, 4) is 5.82 Å². The molecule has 2 aromatic heterocycles. The van der Waals surface area contributed by atoms with Gasteiger partial charge in [-0.25, -0.2) is 9.67 Å². The maximum Gasteiger partial charge on any atom is 0.227 e. The summed E-state index contributed by atoms with van der Waals surface area (Å²) in [6.45, 7) is 8.99. The van der Waals surface area contributed by atoms with E-state index < -0.39 is 0 Å². The molecule has 4 rings (SSSR count). The number of rotatable bonds is 6. The van der Waals surface area contributed by atoms with Gasteiger partial charge in [0.15, 0.2) is 5.82 Å². The fourth-order valence-electron chi connectivity index (χ4n) is 4.22. The third-order valence-corrected chi connectivity index (χ3v) is 6.28. The lowest BCUT2D eigenvalue weighted by Gasteiger charge is -2.18. The molecule has 0 radical (unpaired) electrons. The molecule has 0 bridgehead atoms. The van der Waals surface area contributed by atoms with Crippen LogP contribution in [0.15, 0.2) is 42.6 Å². The first kappa shape index (κ1) is 21.7. The second kappa shape index (κ2) is 8.94. The average molecular weight is 432 g/mol. The summed E-state index contributed by atoms with van der Waals surface area (Å²) >= 11 is 0. The summed E-state index contributed by atoms with van der Waals surface area (Å²) in [7, 11) is 0. The Morgan fingerprint density at radius 1 is 1.12 bits per heavy atom. The van der Waals surface area contributed by atoms with Gasteiger partial charge in [0, 0.05) is 37.1 Å². The Balaban J connectivity index is 1.36. The summed E-state index contributed by atoms with van der Waals surface area (Å²) in [4.78, 5) is 31.4. The van der Waals surface area contributed by atoms with Gasteiger partial charge in [0.2, 0.25) is 11.8 Å². The van der Waals surface area contributed by atoms with E-state index in [0.717, 1.165) is 34.0 Å². The van der Waals surface area contributed by atoms with E-state index >= 15 is 0 Å². The molecule has 166 valence electrons. The molecule has 1 aromatic carbocycles. The average Bonchev–Trinajstić information content (AvgIpc) is 3.31. The molecule has 1 saturated heterocycles. The van der Waals surface area contributed by atoms with Crippen LogP contribution in [0.1, 0.15) is 34.5 Å². The number of carbonyl (C=O) groups excluding carboxylic acids is 2. The Morgan fingerprint density at radius 3 is 2.66 bits per heavy atom. The molecular weight excluding hydrogens is 402 g/mol. The first-order valence-corrected chi connectivity index (χ1v) is 11.0. The number of nitrogens with one attached hydrogen (secondary N) is 1. The molecule has 0 spiro atoms. The van der Waals surface area contributed by atoms with Crippen molar-refractivity contribution >= 4 is 17.5 Å². The van der Waals surface area contributed by atoms with Gasteiger partial charge in [0.25, 0.3) is 0 Å². The minimum Gasteiger partial charge on any atom is -0.355 e. The van der Waals surface area contributed by atoms with Crippen LogP contribution < -0.4 is 10.2 Å². The van der Waals surface area contributed by atoms with Crippen molar-refractivity contribution in [1.82, 2.24) is 20.1 Å². The van der Waals surface area contributed by atoms with Crippen LogP contribution in [-0.2, 0) is 16.0 Å². The fraction of sp³-hybridized carbons (Fsp3) is 0.360. The predicted octanol–water partition coefficient (Wildman–Crippen LogP) is 3.21. The smallest absolute Gasteiger partial charge is 0.227 e. The van der Waals surface area contributed by atoms with Gasteiger partial charge in [-0.3, -0.25) is 9.59 Å². The van der Waals surface area contributed by atoms with E-state index in [-0.39, 0.29) is 24.2 Å². The predicted molar refractivity (Wildman–Crippen MR) is 124 cm³/mol. The Labute approximate surface area is 188 Å². The molecule has 1 aliphatic heterocycles. The van der Waals surface area contributed by atoms with Crippen LogP contribution in [0.4, 0.5) is 5.69 Å². The highest BCUT2D eigenvalue weighted by molar-refractivity contribution is 6.00. The van der Waals surface area contributed by atoms with Gasteiger partial charge in [-0.05, 0) is 75.1 Å². The zero-order valence-corrected chi connectivity index (χ0v) is 19.1. The van der Waals surface area contributed by atoms with Crippen LogP contribution in [-0.4, -0.2) is 39.7 Å². The maximum absolute atomic E-state index is 12.8. The third kappa shape index (κ3) is 4.28. The summed E-state index contributed by atoms with van der Waals surface area (Å²) in [6, 6.07) is 11.7. The Bertz CT molecular complexity index is 1150. The second-order valence-corrected chi connectivity index (χ2v) is 8.46. The van der Waals surface area contributed by atoms with Gasteiger partial charge in [-0.2, -0.15) is 5.10 Å². The molecule has 3 aromatic rings. The summed E-state index contributed by atoms with van der Waals surface area (Å²) < 4.78 is 1.84. The van der Waals surface area contributed by atoms with E-state index in [1.54, 1.807) is 11.1 Å². The van der Waals surface area contributed by atoms with Crippen LogP contribution in [0.2, 0.25) is 0 Å². The number of hydrogen-bond donors (Lipinski definition) is 1. The third-order valence-electron chi connectivity index (χ3n) is 6.28. The largest absolute Gasteiger partial charge is 0.355 e. The van der Waals surface area contributed by atoms with Gasteiger partial charge >= 0.3 is 0 Å². The molecule has 1 fully saturated rings. The van der Waals surface area contributed by atoms with Crippen molar-refractivity contribution in [1.29, 1.82) is 0 Å². The van der Waals surface area contributed by atoms with Crippen molar-refractivity contribution in [3.63, 3.8) is 0 Å². The maximum atomic E-state index is 12.8. The van der Waals surface area contributed by atoms with Crippen molar-refractivity contribution in [2.45, 2.75) is 40.5 Å². The van der Waals surface area contributed by atoms with Crippen LogP contribution in [0, 0.1) is 33.6 Å². The number of anilines is 1. The fourth-order valence-corrected chi connectivity index (χ4v) is 4.22. The number of amides is 2. The van der Waals surface area contributed by atoms with E-state index in [2.05, 4.69) is 15.4 Å². The standard InChI is InChI=1S/C25H29N5O2/c1-16-8-9-21(13-17(16)2)29-15-20(14-24(29)31)25(32)27-12-10-22-18(3)28-30(19(22)4)23-7-5-6-11-26-23/h5-9,11,13,20H,10,12,14-15H2,1-4H3,(H,27,32). The van der Waals surface area contributed by atoms with Crippen LogP contribution in [0.25, 0.3) is 5.82 Å². The summed E-state index contributed by atoms with van der Waals surface area (Å²) in [5.74, 6) is 0.371. The number of nitrogens with zero attached hydrogens (tertiary/aromatic N) is 4. The lowest BCUT2D eigenvalue weighted by Crippen LogP contribution is -2.34. The Hall–Kier alpha value is -3.48. The first-order chi connectivity index (χ1) is 15.3. The Kier molecular flexibility index (Phi) is 6.08. The monoisotopic (exact) mass is 431 g/mol. The minimum atomic E-state index is -0.331. The zero-order chi connectivity index (χ0) is 22.8. The highest BCUT2D eigenvalue weighted by Gasteiger charge is 2.35. The highest BCUT2D eigenvalue weighted by atomic mass is 16.2. The van der Waals surface area contributed by atoms with Crippen molar-refractivity contribution < 1.29 is 9.59 Å². The lowest BCUT2D eigenvalue weighted by atomic mass is 10.1. The number of aromatic nitrogens is 3. The zero-order valence-electron chi connectivity index (χ0n) is 19.1. The van der Waals surface area contributed by atoms with E-state index in [4.69, 9.17) is 0 Å². The van der Waals surface area contributed by atoms with Gasteiger partial charge in [0.05, 0.1) is 11.6 Å². The number of carbonyl (C=O) groups is 2. The molecule has 1 unspecified atom stereocenters. The lowest BCUT2D eigenvalue weighted by molar-refractivity contribution is -0.126. The Morgan fingerprint density at radius 2 is 1.94 bits per heavy atom. The van der Waals surface area contributed by atoms with E-state index in [1.165, 1.54) is 5.56 Å². The van der Waals surface area contributed by atoms with E-state index in [9.17, 15) is 9.59 Å². The normalized spacial score (nSPS) is 15.9. The molecule has 7 heteroatoms. The molecule has 0 saturated carbocycles. The van der Waals surface area contributed by atoms with E-state index in [0.29, 0.717) is 19.5 Å². The SMILES string of the molecule is Cc1ccc(N2CC(C(=O)NCCc3c(C)nn(-c4ccccn4)c3C)CC2=O)cc1C. The molecule has 1 N–H and O–H groups in total. The number of hydrogen-bond acceptors (Lipinski definition) is 4. The van der Waals surface area contributed by atoms with Crippen molar-refractivity contribution in [2.24, 2.45) is 5.92 Å². The molecule has 7 nitrogen and oxygen atoms in total. The summed E-state index contributed by atoms with van der Waals surface area (Å²) in [5, 5.41) is 7.63. The van der Waals surface area contributed by atoms with Gasteiger partial charge in [-0.15, -0.1) is 0 Å². The second-order valence-electron chi connectivity index (χ2n) is 8.46. The molecule has 2 amide bonds. The molecular formula is C25H29N5O2. The quantitative estimate of drug-likeness (QED) is 0.650. The first-order valence-electron chi connectivity index (χ1n) is 11.0. The molecule has 32 heavy (non-hydrogen) atoms. The number of pyridine rings is 1. The van der Waals surface area contributed by atoms with Gasteiger partial charge < -0.3 is 10.2 Å². The molecule has 1 atom stereocenters. The highest BCUT2D eigenvalue weighted by Crippen LogP contribution is 2.27. The summed E-state index contributed by atoms with van der Waals surface area (Å²) in [5.41, 5.74) is 6.25. The number of aryl methyl sites for hydroxylation is 3. The topological polar surface area (TPSA) is 80.1 Å². The minimum absolute atomic E-state index is 0.00303. The number of benzene rings is 1. The van der Waals surface area contributed by atoms with Crippen LogP contribution in [0.3, 0.4) is 0 Å². The summed E-state index contributed by atoms with van der Waals surface area (Å²) in [6.07, 6.45) is 2.67. The van der Waals surface area contributed by atoms with Gasteiger partial charge in [-0.1, -0.05) is 12.1 Å².